The van der Waals surface area contributed by atoms with Crippen molar-refractivity contribution in [2.75, 3.05) is 20.1 Å². The quantitative estimate of drug-likeness (QED) is 0.171. The van der Waals surface area contributed by atoms with Crippen molar-refractivity contribution in [3.05, 3.63) is 101 Å². The van der Waals surface area contributed by atoms with E-state index in [0.29, 0.717) is 0 Å². The summed E-state index contributed by atoms with van der Waals surface area (Å²) in [5.41, 5.74) is 12.2. The number of hydrazone groups is 1. The fourth-order valence-electron chi connectivity index (χ4n) is 4.34. The number of hydrogen-bond donors (Lipinski definition) is 2. The van der Waals surface area contributed by atoms with E-state index >= 15 is 0 Å². The van der Waals surface area contributed by atoms with Crippen molar-refractivity contribution >= 4 is 35.6 Å². The van der Waals surface area contributed by atoms with Crippen molar-refractivity contribution in [2.24, 2.45) is 21.2 Å². The van der Waals surface area contributed by atoms with Crippen LogP contribution < -0.4 is 11.2 Å². The Bertz CT molecular complexity index is 1330. The first kappa shape index (κ1) is 30.8. The lowest BCUT2D eigenvalue weighted by Gasteiger charge is -2.44. The summed E-state index contributed by atoms with van der Waals surface area (Å²) in [4.78, 5) is 9.25. The molecular formula is C29H32F4N6S. The first-order valence-electron chi connectivity index (χ1n) is 12.4. The van der Waals surface area contributed by atoms with Crippen LogP contribution in [0.25, 0.3) is 6.08 Å². The number of nitrogens with two attached hydrogens (primary N) is 1. The molecule has 1 aromatic heterocycles. The maximum Gasteiger partial charge on any atom is 0.416 e. The number of pyridine rings is 1. The van der Waals surface area contributed by atoms with Gasteiger partial charge >= 0.3 is 6.18 Å². The van der Waals surface area contributed by atoms with Crippen LogP contribution in [0.5, 0.6) is 0 Å². The lowest BCUT2D eigenvalue weighted by Crippen LogP contribution is -2.42. The number of aliphatic imine (C=N–C) groups is 1. The van der Waals surface area contributed by atoms with Gasteiger partial charge in [-0.25, -0.2) is 13.7 Å². The predicted molar refractivity (Wildman–Crippen MR) is 156 cm³/mol. The molecule has 0 radical (unpaired) electrons. The molecule has 11 heteroatoms. The maximum absolute atomic E-state index is 13.2. The molecule has 1 aliphatic heterocycles. The van der Waals surface area contributed by atoms with Gasteiger partial charge in [0.2, 0.25) is 0 Å². The van der Waals surface area contributed by atoms with E-state index in [2.05, 4.69) is 46.0 Å². The molecule has 0 bridgehead atoms. The molecule has 1 saturated heterocycles. The number of halogens is 4. The molecule has 1 atom stereocenters. The Morgan fingerprint density at radius 3 is 2.60 bits per heavy atom. The summed E-state index contributed by atoms with van der Waals surface area (Å²) in [5, 5.41) is 4.02. The smallest absolute Gasteiger partial charge is 0.404 e. The van der Waals surface area contributed by atoms with E-state index in [-0.39, 0.29) is 16.9 Å². The second kappa shape index (κ2) is 13.6. The van der Waals surface area contributed by atoms with Gasteiger partial charge in [0.1, 0.15) is 5.82 Å². The van der Waals surface area contributed by atoms with Crippen molar-refractivity contribution in [1.82, 2.24) is 14.7 Å². The van der Waals surface area contributed by atoms with Crippen LogP contribution in [0.3, 0.4) is 0 Å². The van der Waals surface area contributed by atoms with Crippen molar-refractivity contribution in [1.29, 1.82) is 0 Å². The average molecular weight is 573 g/mol. The van der Waals surface area contributed by atoms with E-state index in [1.54, 1.807) is 43.5 Å². The summed E-state index contributed by atoms with van der Waals surface area (Å²) in [5.74, 6) is -0.265. The van der Waals surface area contributed by atoms with Gasteiger partial charge in [0.05, 0.1) is 28.9 Å². The molecule has 4 rings (SSSR count). The van der Waals surface area contributed by atoms with Crippen LogP contribution in [0.15, 0.2) is 94.2 Å². The second-order valence-corrected chi connectivity index (χ2v) is 10.6. The van der Waals surface area contributed by atoms with Gasteiger partial charge in [0.15, 0.2) is 0 Å². The highest BCUT2D eigenvalue weighted by atomic mass is 32.2. The molecule has 1 fully saturated rings. The zero-order valence-electron chi connectivity index (χ0n) is 22.4. The summed E-state index contributed by atoms with van der Waals surface area (Å²) in [6.45, 7) is 11.5. The summed E-state index contributed by atoms with van der Waals surface area (Å²) >= 11 is 1.63. The average Bonchev–Trinajstić information content (AvgIpc) is 2.92. The Balaban J connectivity index is 0.000000307. The van der Waals surface area contributed by atoms with Crippen LogP contribution >= 0.6 is 11.9 Å². The number of rotatable bonds is 6. The van der Waals surface area contributed by atoms with Crippen LogP contribution in [-0.2, 0) is 6.18 Å². The van der Waals surface area contributed by atoms with Gasteiger partial charge in [0.25, 0.3) is 0 Å². The van der Waals surface area contributed by atoms with Gasteiger partial charge in [-0.1, -0.05) is 25.7 Å². The first-order chi connectivity index (χ1) is 19.0. The Kier molecular flexibility index (Phi) is 10.5. The number of alkyl halides is 3. The van der Waals surface area contributed by atoms with Gasteiger partial charge in [0, 0.05) is 36.7 Å². The molecule has 2 heterocycles. The number of aromatic nitrogens is 1. The van der Waals surface area contributed by atoms with Crippen molar-refractivity contribution in [3.8, 4) is 0 Å². The van der Waals surface area contributed by atoms with E-state index in [4.69, 9.17) is 10.7 Å². The Hall–Kier alpha value is -3.70. The number of benzene rings is 1. The molecule has 1 aromatic carbocycles. The fraction of sp³-hybridized carbons (Fsp3) is 0.276. The number of piperidine rings is 1. The lowest BCUT2D eigenvalue weighted by molar-refractivity contribution is -0.137. The monoisotopic (exact) mass is 572 g/mol. The van der Waals surface area contributed by atoms with Gasteiger partial charge < -0.3 is 11.2 Å². The fourth-order valence-corrected chi connectivity index (χ4v) is 5.31. The van der Waals surface area contributed by atoms with Crippen LogP contribution in [0.2, 0.25) is 0 Å². The van der Waals surface area contributed by atoms with Crippen LogP contribution in [0.1, 0.15) is 31.0 Å². The Morgan fingerprint density at radius 2 is 1.98 bits per heavy atom. The molecule has 1 unspecified atom stereocenters. The molecule has 2 aromatic rings. The van der Waals surface area contributed by atoms with Gasteiger partial charge in [-0.05, 0) is 85.1 Å². The van der Waals surface area contributed by atoms with Crippen molar-refractivity contribution in [3.63, 3.8) is 0 Å². The first-order valence-corrected chi connectivity index (χ1v) is 13.2. The van der Waals surface area contributed by atoms with E-state index in [9.17, 15) is 17.6 Å². The minimum Gasteiger partial charge on any atom is -0.404 e. The molecule has 40 heavy (non-hydrogen) atoms. The lowest BCUT2D eigenvalue weighted by atomic mass is 9.69. The Labute approximate surface area is 236 Å². The zero-order chi connectivity index (χ0) is 29.3. The minimum absolute atomic E-state index is 0.00129. The molecule has 6 nitrogen and oxygen atoms in total. The van der Waals surface area contributed by atoms with Gasteiger partial charge in [-0.15, -0.1) is 0 Å². The molecular weight excluding hydrogens is 540 g/mol. The van der Waals surface area contributed by atoms with Crippen molar-refractivity contribution < 1.29 is 17.6 Å². The summed E-state index contributed by atoms with van der Waals surface area (Å²) in [6.07, 6.45) is 5.40. The highest BCUT2D eigenvalue weighted by molar-refractivity contribution is 8.01. The highest BCUT2D eigenvalue weighted by Crippen LogP contribution is 2.45. The van der Waals surface area contributed by atoms with E-state index in [1.807, 2.05) is 0 Å². The highest BCUT2D eigenvalue weighted by Gasteiger charge is 2.39. The largest absolute Gasteiger partial charge is 0.416 e. The molecule has 0 spiro atoms. The van der Waals surface area contributed by atoms with E-state index < -0.39 is 11.7 Å². The number of nitrogens with zero attached hydrogens (tertiary/aromatic N) is 4. The topological polar surface area (TPSA) is 78.9 Å². The second-order valence-electron chi connectivity index (χ2n) is 9.40. The number of allylic oxidation sites excluding steroid dienone is 3. The number of fused-ring (bicyclic) bond motifs is 1. The predicted octanol–water partition coefficient (Wildman–Crippen LogP) is 6.89. The third-order valence-electron chi connectivity index (χ3n) is 6.33. The molecule has 2 aliphatic rings. The molecule has 0 saturated carbocycles. The Morgan fingerprint density at radius 1 is 1.25 bits per heavy atom. The third kappa shape index (κ3) is 8.40. The van der Waals surface area contributed by atoms with E-state index in [1.165, 1.54) is 23.8 Å². The molecule has 1 aliphatic carbocycles. The molecule has 212 valence electrons. The summed E-state index contributed by atoms with van der Waals surface area (Å²) < 4.78 is 51.6. The van der Waals surface area contributed by atoms with E-state index in [0.717, 1.165) is 66.1 Å². The van der Waals surface area contributed by atoms with Gasteiger partial charge in [-0.2, -0.15) is 18.3 Å². The van der Waals surface area contributed by atoms with Crippen LogP contribution in [0.4, 0.5) is 23.2 Å². The maximum atomic E-state index is 13.2. The number of hydrogen-bond acceptors (Lipinski definition) is 7. The molecule has 0 amide bonds. The standard InChI is InChI=1S/C21H26FN5S.C8H6F3N/c1-15(13-25-24-3)28-27-9-8-17-10-20(16(12-23)11-21(17,2)14-27)26-19-6-4-18(22)5-7-19;1-2-7-5-6(3-4-12-7)8(9,10)11/h4-7,10,12-13,24H,1,8-9,11,14,23H2,2-3H3;2-5H,1H2/b16-12-,25-13-,26-20?;. The minimum atomic E-state index is -4.30. The zero-order valence-corrected chi connectivity index (χ0v) is 23.2. The third-order valence-corrected chi connectivity index (χ3v) is 7.24. The summed E-state index contributed by atoms with van der Waals surface area (Å²) in [6, 6.07) is 8.08. The molecule has 3 N–H and O–H groups in total. The van der Waals surface area contributed by atoms with Crippen molar-refractivity contribution in [2.45, 2.75) is 25.9 Å². The summed E-state index contributed by atoms with van der Waals surface area (Å²) in [7, 11) is 1.77. The normalized spacial score (nSPS) is 21.4. The SMILES string of the molecule is C=C(/C=N\NC)SN1CCC2=CC(=Nc3ccc(F)cc3)/C(=C\N)CC2(C)C1.C=Cc1cc(C(F)(F)F)ccn1. The van der Waals surface area contributed by atoms with Crippen LogP contribution in [-0.4, -0.2) is 41.4 Å². The number of nitrogens with one attached hydrogen (secondary N) is 1. The van der Waals surface area contributed by atoms with Crippen LogP contribution in [0, 0.1) is 11.2 Å². The van der Waals surface area contributed by atoms with Gasteiger partial charge in [-0.3, -0.25) is 4.98 Å².